The quantitative estimate of drug-likeness (QED) is 0.820. The van der Waals surface area contributed by atoms with E-state index < -0.39 is 0 Å². The van der Waals surface area contributed by atoms with Crippen LogP contribution in [-0.2, 0) is 12.8 Å². The molecule has 3 nitrogen and oxygen atoms in total. The molecule has 0 atom stereocenters. The fourth-order valence-electron chi connectivity index (χ4n) is 4.16. The van der Waals surface area contributed by atoms with Crippen molar-refractivity contribution >= 4 is 11.3 Å². The first-order valence-corrected chi connectivity index (χ1v) is 10.2. The highest BCUT2D eigenvalue weighted by molar-refractivity contribution is 5.79. The molecule has 0 radical (unpaired) electrons. The minimum absolute atomic E-state index is 0.706. The van der Waals surface area contributed by atoms with Gasteiger partial charge in [-0.1, -0.05) is 26.0 Å². The maximum atomic E-state index is 3.70. The first kappa shape index (κ1) is 18.5. The monoisotopic (exact) mass is 341 g/mol. The van der Waals surface area contributed by atoms with E-state index in [1.165, 1.54) is 66.8 Å². The molecular weight excluding hydrogens is 306 g/mol. The van der Waals surface area contributed by atoms with Crippen molar-refractivity contribution in [2.24, 2.45) is 5.92 Å². The standard InChI is InChI=1S/C22H35N3/c1-4-19(7-11-25-12-9-23-10-13-25)21-16-18(14-17(2)3)15-20-6-5-8-24-22(20)21/h4,15-17,23-24H,5-14H2,1-3H3/b19-4+. The van der Waals surface area contributed by atoms with Crippen LogP contribution in [0.2, 0.25) is 0 Å². The number of fused-ring (bicyclic) bond motifs is 1. The summed E-state index contributed by atoms with van der Waals surface area (Å²) >= 11 is 0. The number of nitrogens with zero attached hydrogens (tertiary/aromatic N) is 1. The average molecular weight is 342 g/mol. The number of aryl methyl sites for hydroxylation is 1. The Hall–Kier alpha value is -1.32. The smallest absolute Gasteiger partial charge is 0.0449 e. The van der Waals surface area contributed by atoms with Gasteiger partial charge in [0.2, 0.25) is 0 Å². The van der Waals surface area contributed by atoms with Crippen LogP contribution in [0.25, 0.3) is 5.57 Å². The van der Waals surface area contributed by atoms with E-state index in [9.17, 15) is 0 Å². The second-order valence-electron chi connectivity index (χ2n) is 7.96. The second-order valence-corrected chi connectivity index (χ2v) is 7.96. The van der Waals surface area contributed by atoms with Crippen molar-refractivity contribution in [3.05, 3.63) is 34.9 Å². The first-order valence-electron chi connectivity index (χ1n) is 10.2. The van der Waals surface area contributed by atoms with Crippen LogP contribution >= 0.6 is 0 Å². The summed E-state index contributed by atoms with van der Waals surface area (Å²) in [6, 6.07) is 4.92. The maximum absolute atomic E-state index is 3.70. The van der Waals surface area contributed by atoms with Crippen molar-refractivity contribution in [1.82, 2.24) is 10.2 Å². The molecule has 3 rings (SSSR count). The van der Waals surface area contributed by atoms with E-state index in [0.29, 0.717) is 5.92 Å². The largest absolute Gasteiger partial charge is 0.384 e. The Morgan fingerprint density at radius 3 is 2.72 bits per heavy atom. The van der Waals surface area contributed by atoms with E-state index in [2.05, 4.69) is 54.5 Å². The lowest BCUT2D eigenvalue weighted by Gasteiger charge is -2.28. The Balaban J connectivity index is 1.81. The predicted molar refractivity (Wildman–Crippen MR) is 109 cm³/mol. The highest BCUT2D eigenvalue weighted by Crippen LogP contribution is 2.34. The van der Waals surface area contributed by atoms with E-state index in [1.807, 2.05) is 0 Å². The van der Waals surface area contributed by atoms with Gasteiger partial charge in [-0.3, -0.25) is 0 Å². The average Bonchev–Trinajstić information content (AvgIpc) is 2.62. The van der Waals surface area contributed by atoms with Crippen molar-refractivity contribution in [3.8, 4) is 0 Å². The molecule has 2 aliphatic rings. The molecule has 0 amide bonds. The number of hydrogen-bond acceptors (Lipinski definition) is 3. The highest BCUT2D eigenvalue weighted by atomic mass is 15.2. The zero-order valence-corrected chi connectivity index (χ0v) is 16.3. The molecule has 2 N–H and O–H groups in total. The predicted octanol–water partition coefficient (Wildman–Crippen LogP) is 3.94. The van der Waals surface area contributed by atoms with Crippen LogP contribution in [0, 0.1) is 5.92 Å². The van der Waals surface area contributed by atoms with Gasteiger partial charge in [0.05, 0.1) is 0 Å². The van der Waals surface area contributed by atoms with Gasteiger partial charge in [-0.05, 0) is 61.3 Å². The topological polar surface area (TPSA) is 27.3 Å². The summed E-state index contributed by atoms with van der Waals surface area (Å²) in [5.74, 6) is 0.706. The van der Waals surface area contributed by atoms with Gasteiger partial charge < -0.3 is 15.5 Å². The fraction of sp³-hybridized carbons (Fsp3) is 0.636. The van der Waals surface area contributed by atoms with Gasteiger partial charge in [0.25, 0.3) is 0 Å². The lowest BCUT2D eigenvalue weighted by atomic mass is 9.89. The van der Waals surface area contributed by atoms with Crippen molar-refractivity contribution < 1.29 is 0 Å². The minimum Gasteiger partial charge on any atom is -0.384 e. The molecule has 1 fully saturated rings. The molecule has 2 heterocycles. The molecule has 1 saturated heterocycles. The molecule has 0 spiro atoms. The number of rotatable bonds is 6. The van der Waals surface area contributed by atoms with Gasteiger partial charge in [0.15, 0.2) is 0 Å². The molecule has 3 heteroatoms. The first-order chi connectivity index (χ1) is 12.2. The molecule has 138 valence electrons. The van der Waals surface area contributed by atoms with Crippen LogP contribution in [0.3, 0.4) is 0 Å². The molecule has 2 aliphatic heterocycles. The molecular formula is C22H35N3. The zero-order chi connectivity index (χ0) is 17.6. The van der Waals surface area contributed by atoms with Crippen molar-refractivity contribution in [1.29, 1.82) is 0 Å². The molecule has 0 bridgehead atoms. The van der Waals surface area contributed by atoms with E-state index in [4.69, 9.17) is 0 Å². The normalized spacial score (nSPS) is 19.0. The molecule has 25 heavy (non-hydrogen) atoms. The third-order valence-electron chi connectivity index (χ3n) is 5.45. The summed E-state index contributed by atoms with van der Waals surface area (Å²) in [4.78, 5) is 2.60. The van der Waals surface area contributed by atoms with E-state index >= 15 is 0 Å². The van der Waals surface area contributed by atoms with Crippen LogP contribution in [0.15, 0.2) is 18.2 Å². The number of hydrogen-bond donors (Lipinski definition) is 2. The lowest BCUT2D eigenvalue weighted by Crippen LogP contribution is -2.43. The molecule has 0 aliphatic carbocycles. The summed E-state index contributed by atoms with van der Waals surface area (Å²) in [5.41, 5.74) is 7.42. The number of piperazine rings is 1. The summed E-state index contributed by atoms with van der Waals surface area (Å²) in [6.45, 7) is 13.7. The van der Waals surface area contributed by atoms with Crippen LogP contribution < -0.4 is 10.6 Å². The van der Waals surface area contributed by atoms with Crippen molar-refractivity contribution in [2.45, 2.75) is 46.5 Å². The number of anilines is 1. The fourth-order valence-corrected chi connectivity index (χ4v) is 4.16. The highest BCUT2D eigenvalue weighted by Gasteiger charge is 2.18. The Labute approximate surface area is 153 Å². The van der Waals surface area contributed by atoms with E-state index in [-0.39, 0.29) is 0 Å². The van der Waals surface area contributed by atoms with Crippen LogP contribution in [0.4, 0.5) is 5.69 Å². The third kappa shape index (κ3) is 4.86. The molecule has 0 unspecified atom stereocenters. The van der Waals surface area contributed by atoms with Gasteiger partial charge in [-0.15, -0.1) is 0 Å². The van der Waals surface area contributed by atoms with Gasteiger partial charge in [0.1, 0.15) is 0 Å². The van der Waals surface area contributed by atoms with Crippen LogP contribution in [-0.4, -0.2) is 44.2 Å². The van der Waals surface area contributed by atoms with Crippen LogP contribution in [0.1, 0.15) is 50.3 Å². The number of nitrogens with one attached hydrogen (secondary N) is 2. The maximum Gasteiger partial charge on any atom is 0.0449 e. The van der Waals surface area contributed by atoms with Crippen molar-refractivity contribution in [3.63, 3.8) is 0 Å². The lowest BCUT2D eigenvalue weighted by molar-refractivity contribution is 0.246. The summed E-state index contributed by atoms with van der Waals surface area (Å²) in [6.07, 6.45) is 7.14. The zero-order valence-electron chi connectivity index (χ0n) is 16.3. The Morgan fingerprint density at radius 1 is 1.20 bits per heavy atom. The second kappa shape index (κ2) is 8.86. The van der Waals surface area contributed by atoms with Crippen LogP contribution in [0.5, 0.6) is 0 Å². The molecule has 1 aromatic carbocycles. The Morgan fingerprint density at radius 2 is 2.00 bits per heavy atom. The molecule has 0 saturated carbocycles. The summed E-state index contributed by atoms with van der Waals surface area (Å²) in [5, 5.41) is 7.15. The van der Waals surface area contributed by atoms with E-state index in [0.717, 1.165) is 26.1 Å². The number of allylic oxidation sites excluding steroid dienone is 1. The third-order valence-corrected chi connectivity index (χ3v) is 5.45. The summed E-state index contributed by atoms with van der Waals surface area (Å²) in [7, 11) is 0. The van der Waals surface area contributed by atoms with E-state index in [1.54, 1.807) is 0 Å². The minimum atomic E-state index is 0.706. The van der Waals surface area contributed by atoms with Gasteiger partial charge >= 0.3 is 0 Å². The van der Waals surface area contributed by atoms with Gasteiger partial charge in [-0.2, -0.15) is 0 Å². The Kier molecular flexibility index (Phi) is 6.55. The van der Waals surface area contributed by atoms with Gasteiger partial charge in [0, 0.05) is 50.5 Å². The van der Waals surface area contributed by atoms with Crippen molar-refractivity contribution in [2.75, 3.05) is 44.6 Å². The number of benzene rings is 1. The molecule has 1 aromatic rings. The van der Waals surface area contributed by atoms with Gasteiger partial charge in [-0.25, -0.2) is 0 Å². The Bertz CT molecular complexity index is 598. The SMILES string of the molecule is C/C=C(\CCN1CCNCC1)c1cc(CC(C)C)cc2c1NCCC2. The molecule has 0 aromatic heterocycles. The summed E-state index contributed by atoms with van der Waals surface area (Å²) < 4.78 is 0.